The molecule has 2 aliphatic heterocycles. The average molecular weight is 521 g/mol. The number of benzene rings is 2. The van der Waals surface area contributed by atoms with E-state index >= 15 is 0 Å². The molecular weight excluding hydrogens is 476 g/mol. The van der Waals surface area contributed by atoms with Gasteiger partial charge in [0.15, 0.2) is 0 Å². The Morgan fingerprint density at radius 1 is 0.605 bits per heavy atom. The lowest BCUT2D eigenvalue weighted by molar-refractivity contribution is -0.00949. The Balaban J connectivity index is 1.70. The summed E-state index contributed by atoms with van der Waals surface area (Å²) in [5.41, 5.74) is 2.02. The van der Waals surface area contributed by atoms with Gasteiger partial charge < -0.3 is 19.7 Å². The summed E-state index contributed by atoms with van der Waals surface area (Å²) in [5, 5.41) is 22.8. The molecule has 0 radical (unpaired) electrons. The first kappa shape index (κ1) is 28.3. The van der Waals surface area contributed by atoms with Gasteiger partial charge in [-0.25, -0.2) is 9.98 Å². The van der Waals surface area contributed by atoms with Crippen molar-refractivity contribution >= 4 is 11.8 Å². The molecule has 2 aliphatic rings. The zero-order valence-corrected chi connectivity index (χ0v) is 23.4. The number of rotatable bonds is 13. The highest BCUT2D eigenvalue weighted by Gasteiger charge is 2.41. The van der Waals surface area contributed by atoms with Gasteiger partial charge in [-0.05, 0) is 48.9 Å². The van der Waals surface area contributed by atoms with Crippen molar-refractivity contribution in [2.75, 3.05) is 13.2 Å². The molecule has 4 rings (SSSR count). The number of ether oxygens (including phenoxy) is 2. The topological polar surface area (TPSA) is 83.6 Å². The predicted octanol–water partition coefficient (Wildman–Crippen LogP) is 6.31. The van der Waals surface area contributed by atoms with Crippen molar-refractivity contribution in [3.05, 3.63) is 59.7 Å². The van der Waals surface area contributed by atoms with Crippen LogP contribution < -0.4 is 0 Å². The Kier molecular flexibility index (Phi) is 9.27. The van der Waals surface area contributed by atoms with Crippen LogP contribution >= 0.6 is 0 Å². The summed E-state index contributed by atoms with van der Waals surface area (Å²) in [6.45, 7) is 9.14. The second kappa shape index (κ2) is 12.4. The molecule has 0 saturated carbocycles. The zero-order chi connectivity index (χ0) is 27.2. The van der Waals surface area contributed by atoms with E-state index in [1.165, 1.54) is 0 Å². The third kappa shape index (κ3) is 5.81. The summed E-state index contributed by atoms with van der Waals surface area (Å²) >= 11 is 0. The molecule has 2 N–H and O–H groups in total. The van der Waals surface area contributed by atoms with E-state index in [1.807, 2.05) is 36.4 Å². The maximum atomic E-state index is 11.4. The molecule has 0 spiro atoms. The maximum Gasteiger partial charge on any atom is 0.217 e. The summed E-state index contributed by atoms with van der Waals surface area (Å²) in [5.74, 6) is 1.14. The van der Waals surface area contributed by atoms with Crippen LogP contribution in [0.1, 0.15) is 90.2 Å². The van der Waals surface area contributed by atoms with Crippen LogP contribution in [0.2, 0.25) is 0 Å². The monoisotopic (exact) mass is 520 g/mol. The molecule has 0 bridgehead atoms. The van der Waals surface area contributed by atoms with Gasteiger partial charge in [0.2, 0.25) is 11.8 Å². The third-order valence-corrected chi connectivity index (χ3v) is 7.88. The number of hydrogen-bond acceptors (Lipinski definition) is 6. The molecule has 6 heteroatoms. The van der Waals surface area contributed by atoms with Gasteiger partial charge in [0, 0.05) is 11.1 Å². The second-order valence-electron chi connectivity index (χ2n) is 10.8. The first-order chi connectivity index (χ1) is 18.4. The molecule has 2 atom stereocenters. The lowest BCUT2D eigenvalue weighted by Gasteiger charge is -2.30. The fourth-order valence-electron chi connectivity index (χ4n) is 6.05. The van der Waals surface area contributed by atoms with E-state index in [0.29, 0.717) is 50.7 Å². The zero-order valence-electron chi connectivity index (χ0n) is 23.4. The van der Waals surface area contributed by atoms with Crippen molar-refractivity contribution in [1.82, 2.24) is 0 Å². The minimum atomic E-state index is -0.854. The second-order valence-corrected chi connectivity index (χ2v) is 10.8. The average Bonchev–Trinajstić information content (AvgIpc) is 3.61. The van der Waals surface area contributed by atoms with Crippen LogP contribution in [0.5, 0.6) is 0 Å². The molecule has 0 amide bonds. The summed E-state index contributed by atoms with van der Waals surface area (Å²) in [6, 6.07) is 15.6. The predicted molar refractivity (Wildman–Crippen MR) is 154 cm³/mol. The SMILES string of the molecule is CCCC(O)(CCC)[C@@H]1COC(c2ccccc2-c2ccccc2C2=N[C@H](C(O)(CCC)CCC)CO2)=N1. The number of aliphatic imine (C=N–C) groups is 2. The Morgan fingerprint density at radius 2 is 0.921 bits per heavy atom. The summed E-state index contributed by atoms with van der Waals surface area (Å²) in [7, 11) is 0. The lowest BCUT2D eigenvalue weighted by atomic mass is 9.86. The van der Waals surface area contributed by atoms with Crippen LogP contribution in [0.15, 0.2) is 58.5 Å². The van der Waals surface area contributed by atoms with Crippen molar-refractivity contribution in [2.45, 2.75) is 102 Å². The summed E-state index contributed by atoms with van der Waals surface area (Å²) < 4.78 is 12.3. The summed E-state index contributed by atoms with van der Waals surface area (Å²) in [4.78, 5) is 9.83. The smallest absolute Gasteiger partial charge is 0.217 e. The highest BCUT2D eigenvalue weighted by atomic mass is 16.5. The molecule has 0 saturated heterocycles. The van der Waals surface area contributed by atoms with Crippen LogP contribution in [0.3, 0.4) is 0 Å². The highest BCUT2D eigenvalue weighted by Crippen LogP contribution is 2.35. The van der Waals surface area contributed by atoms with Crippen LogP contribution in [0.4, 0.5) is 0 Å². The molecule has 206 valence electrons. The first-order valence-corrected chi connectivity index (χ1v) is 14.4. The molecule has 38 heavy (non-hydrogen) atoms. The molecular formula is C32H44N2O4. The number of nitrogens with zero attached hydrogens (tertiary/aromatic N) is 2. The Labute approximate surface area is 227 Å². The lowest BCUT2D eigenvalue weighted by Crippen LogP contribution is -2.42. The van der Waals surface area contributed by atoms with Crippen molar-refractivity contribution < 1.29 is 19.7 Å². The van der Waals surface area contributed by atoms with Crippen LogP contribution in [0.25, 0.3) is 11.1 Å². The Morgan fingerprint density at radius 3 is 1.24 bits per heavy atom. The van der Waals surface area contributed by atoms with E-state index in [1.54, 1.807) is 0 Å². The minimum Gasteiger partial charge on any atom is -0.475 e. The first-order valence-electron chi connectivity index (χ1n) is 14.4. The highest BCUT2D eigenvalue weighted by molar-refractivity contribution is 6.07. The molecule has 2 aromatic carbocycles. The fraction of sp³-hybridized carbons (Fsp3) is 0.562. The van der Waals surface area contributed by atoms with Gasteiger partial charge in [0.25, 0.3) is 0 Å². The normalized spacial score (nSPS) is 19.6. The largest absolute Gasteiger partial charge is 0.475 e. The molecule has 2 heterocycles. The number of aliphatic hydroxyl groups is 2. The maximum absolute atomic E-state index is 11.4. The van der Waals surface area contributed by atoms with Gasteiger partial charge in [-0.3, -0.25) is 0 Å². The van der Waals surface area contributed by atoms with E-state index in [4.69, 9.17) is 19.5 Å². The van der Waals surface area contributed by atoms with Gasteiger partial charge in [-0.1, -0.05) is 89.8 Å². The van der Waals surface area contributed by atoms with Crippen molar-refractivity contribution in [1.29, 1.82) is 0 Å². The Hall–Kier alpha value is -2.70. The third-order valence-electron chi connectivity index (χ3n) is 7.88. The van der Waals surface area contributed by atoms with E-state index in [0.717, 1.165) is 47.9 Å². The molecule has 0 aliphatic carbocycles. The molecule has 0 unspecified atom stereocenters. The summed E-state index contributed by atoms with van der Waals surface area (Å²) in [6.07, 6.45) is 6.42. The standard InChI is InChI=1S/C32H44N2O4/c1-5-17-31(35,18-6-2)27-21-37-29(33-27)25-15-11-9-13-23(25)24-14-10-12-16-26(24)30-34-28(22-38-30)32(36,19-7-3)20-8-4/h9-16,27-28,35-36H,5-8,17-22H2,1-4H3/t27-,28-/m0/s1. The van der Waals surface area contributed by atoms with Gasteiger partial charge >= 0.3 is 0 Å². The quantitative estimate of drug-likeness (QED) is 0.324. The molecule has 0 aromatic heterocycles. The van der Waals surface area contributed by atoms with Crippen molar-refractivity contribution in [3.8, 4) is 11.1 Å². The molecule has 2 aromatic rings. The minimum absolute atomic E-state index is 0.279. The van der Waals surface area contributed by atoms with Gasteiger partial charge in [0.05, 0.1) is 11.2 Å². The van der Waals surface area contributed by atoms with Gasteiger partial charge in [0.1, 0.15) is 25.3 Å². The van der Waals surface area contributed by atoms with Crippen LogP contribution in [-0.2, 0) is 9.47 Å². The number of hydrogen-bond donors (Lipinski definition) is 2. The van der Waals surface area contributed by atoms with E-state index < -0.39 is 11.2 Å². The van der Waals surface area contributed by atoms with Crippen LogP contribution in [-0.4, -0.2) is 58.5 Å². The van der Waals surface area contributed by atoms with Gasteiger partial charge in [-0.15, -0.1) is 0 Å². The fourth-order valence-corrected chi connectivity index (χ4v) is 6.05. The molecule has 6 nitrogen and oxygen atoms in total. The van der Waals surface area contributed by atoms with Crippen molar-refractivity contribution in [3.63, 3.8) is 0 Å². The van der Waals surface area contributed by atoms with E-state index in [9.17, 15) is 10.2 Å². The van der Waals surface area contributed by atoms with E-state index in [2.05, 4.69) is 39.8 Å². The molecule has 0 fully saturated rings. The van der Waals surface area contributed by atoms with Crippen molar-refractivity contribution in [2.24, 2.45) is 9.98 Å². The Bertz CT molecular complexity index is 1040. The van der Waals surface area contributed by atoms with Gasteiger partial charge in [-0.2, -0.15) is 0 Å². The van der Waals surface area contributed by atoms with E-state index in [-0.39, 0.29) is 12.1 Å². The van der Waals surface area contributed by atoms with Crippen LogP contribution in [0, 0.1) is 0 Å².